The predicted molar refractivity (Wildman–Crippen MR) is 44.1 cm³/mol. The molecule has 1 rings (SSSR count). The minimum absolute atomic E-state index is 0.0112. The van der Waals surface area contributed by atoms with Gasteiger partial charge in [-0.2, -0.15) is 0 Å². The Labute approximate surface area is 70.2 Å². The molecule has 0 radical (unpaired) electrons. The molecule has 0 aliphatic carbocycles. The van der Waals surface area contributed by atoms with Gasteiger partial charge in [0.2, 0.25) is 0 Å². The van der Waals surface area contributed by atoms with E-state index in [2.05, 4.69) is 5.92 Å². The van der Waals surface area contributed by atoms with Crippen LogP contribution in [0, 0.1) is 19.3 Å². The van der Waals surface area contributed by atoms with Gasteiger partial charge in [-0.25, -0.2) is 8.78 Å². The van der Waals surface area contributed by atoms with Crippen LogP contribution in [0.5, 0.6) is 0 Å². The maximum atomic E-state index is 12.2. The van der Waals surface area contributed by atoms with Gasteiger partial charge in [0.1, 0.15) is 0 Å². The summed E-state index contributed by atoms with van der Waals surface area (Å²) in [6.45, 7) is 1.74. The summed E-state index contributed by atoms with van der Waals surface area (Å²) < 4.78 is 24.4. The van der Waals surface area contributed by atoms with E-state index in [-0.39, 0.29) is 5.56 Å². The molecule has 0 amide bonds. The zero-order valence-electron chi connectivity index (χ0n) is 6.64. The van der Waals surface area contributed by atoms with Crippen LogP contribution >= 0.6 is 0 Å². The standard InChI is InChI=1S/C10H8F2/c1-3-8-4-7(2)5-9(6-8)10(11)12/h1,4-6,10H,2H3. The van der Waals surface area contributed by atoms with Crippen molar-refractivity contribution in [3.05, 3.63) is 34.9 Å². The molecule has 0 heterocycles. The van der Waals surface area contributed by atoms with Crippen LogP contribution in [-0.2, 0) is 0 Å². The molecule has 0 unspecified atom stereocenters. The van der Waals surface area contributed by atoms with Gasteiger partial charge < -0.3 is 0 Å². The highest BCUT2D eigenvalue weighted by Gasteiger charge is 2.07. The summed E-state index contributed by atoms with van der Waals surface area (Å²) in [4.78, 5) is 0. The molecule has 2 heteroatoms. The lowest BCUT2D eigenvalue weighted by atomic mass is 10.1. The smallest absolute Gasteiger partial charge is 0.205 e. The highest BCUT2D eigenvalue weighted by molar-refractivity contribution is 5.39. The minimum Gasteiger partial charge on any atom is -0.205 e. The zero-order chi connectivity index (χ0) is 9.14. The minimum atomic E-state index is -2.45. The van der Waals surface area contributed by atoms with Crippen molar-refractivity contribution in [3.63, 3.8) is 0 Å². The highest BCUT2D eigenvalue weighted by Crippen LogP contribution is 2.20. The average molecular weight is 166 g/mol. The van der Waals surface area contributed by atoms with Gasteiger partial charge in [0.25, 0.3) is 6.43 Å². The number of hydrogen-bond donors (Lipinski definition) is 0. The molecule has 0 atom stereocenters. The fourth-order valence-electron chi connectivity index (χ4n) is 1.02. The summed E-state index contributed by atoms with van der Waals surface area (Å²) in [5, 5.41) is 0. The van der Waals surface area contributed by atoms with Gasteiger partial charge >= 0.3 is 0 Å². The first kappa shape index (κ1) is 8.73. The van der Waals surface area contributed by atoms with E-state index in [1.165, 1.54) is 12.1 Å². The Morgan fingerprint density at radius 3 is 2.50 bits per heavy atom. The molecule has 0 saturated heterocycles. The lowest BCUT2D eigenvalue weighted by molar-refractivity contribution is 0.151. The fourth-order valence-corrected chi connectivity index (χ4v) is 1.02. The Balaban J connectivity index is 3.17. The van der Waals surface area contributed by atoms with Crippen molar-refractivity contribution in [2.75, 3.05) is 0 Å². The average Bonchev–Trinajstić information content (AvgIpc) is 2.03. The molecule has 0 bridgehead atoms. The first-order chi connectivity index (χ1) is 5.63. The molecule has 0 spiro atoms. The third-order valence-electron chi connectivity index (χ3n) is 1.52. The van der Waals surface area contributed by atoms with E-state index in [9.17, 15) is 8.78 Å². The van der Waals surface area contributed by atoms with Crippen molar-refractivity contribution < 1.29 is 8.78 Å². The Morgan fingerprint density at radius 2 is 2.00 bits per heavy atom. The number of aryl methyl sites for hydroxylation is 1. The molecule has 0 saturated carbocycles. The van der Waals surface area contributed by atoms with Crippen molar-refractivity contribution in [3.8, 4) is 12.3 Å². The molecule has 0 fully saturated rings. The monoisotopic (exact) mass is 166 g/mol. The summed E-state index contributed by atoms with van der Waals surface area (Å²) in [7, 11) is 0. The maximum absolute atomic E-state index is 12.2. The number of hydrogen-bond acceptors (Lipinski definition) is 0. The van der Waals surface area contributed by atoms with Gasteiger partial charge in [0, 0.05) is 11.1 Å². The molecule has 62 valence electrons. The second-order valence-electron chi connectivity index (χ2n) is 2.58. The van der Waals surface area contributed by atoms with E-state index in [4.69, 9.17) is 6.42 Å². The normalized spacial score (nSPS) is 9.92. The molecule has 0 aliphatic heterocycles. The Morgan fingerprint density at radius 1 is 1.33 bits per heavy atom. The molecule has 1 aromatic rings. The maximum Gasteiger partial charge on any atom is 0.263 e. The first-order valence-electron chi connectivity index (χ1n) is 3.50. The number of terminal acetylenes is 1. The third-order valence-corrected chi connectivity index (χ3v) is 1.52. The second kappa shape index (κ2) is 3.36. The lowest BCUT2D eigenvalue weighted by Gasteiger charge is -2.01. The Hall–Kier alpha value is -1.36. The molecule has 0 N–H and O–H groups in total. The van der Waals surface area contributed by atoms with Crippen molar-refractivity contribution in [2.24, 2.45) is 0 Å². The number of halogens is 2. The van der Waals surface area contributed by atoms with Crippen LogP contribution in [0.15, 0.2) is 18.2 Å². The van der Waals surface area contributed by atoms with E-state index < -0.39 is 6.43 Å². The lowest BCUT2D eigenvalue weighted by Crippen LogP contribution is -1.87. The van der Waals surface area contributed by atoms with Crippen LogP contribution < -0.4 is 0 Å². The molecular formula is C10H8F2. The quantitative estimate of drug-likeness (QED) is 0.563. The zero-order valence-corrected chi connectivity index (χ0v) is 6.64. The van der Waals surface area contributed by atoms with Crippen LogP contribution in [0.1, 0.15) is 23.1 Å². The van der Waals surface area contributed by atoms with Crippen LogP contribution in [0.3, 0.4) is 0 Å². The van der Waals surface area contributed by atoms with Crippen LogP contribution in [0.2, 0.25) is 0 Å². The van der Waals surface area contributed by atoms with Crippen molar-refractivity contribution >= 4 is 0 Å². The van der Waals surface area contributed by atoms with Crippen LogP contribution in [0.4, 0.5) is 8.78 Å². The Kier molecular flexibility index (Phi) is 2.44. The van der Waals surface area contributed by atoms with Gasteiger partial charge in [0.15, 0.2) is 0 Å². The van der Waals surface area contributed by atoms with Crippen LogP contribution in [-0.4, -0.2) is 0 Å². The highest BCUT2D eigenvalue weighted by atomic mass is 19.3. The van der Waals surface area contributed by atoms with E-state index >= 15 is 0 Å². The molecule has 12 heavy (non-hydrogen) atoms. The van der Waals surface area contributed by atoms with E-state index in [1.54, 1.807) is 13.0 Å². The van der Waals surface area contributed by atoms with Gasteiger partial charge in [-0.1, -0.05) is 12.0 Å². The summed E-state index contributed by atoms with van der Waals surface area (Å²) in [6.07, 6.45) is 2.65. The summed E-state index contributed by atoms with van der Waals surface area (Å²) >= 11 is 0. The number of rotatable bonds is 1. The van der Waals surface area contributed by atoms with Gasteiger partial charge in [-0.05, 0) is 24.6 Å². The van der Waals surface area contributed by atoms with Crippen molar-refractivity contribution in [1.29, 1.82) is 0 Å². The molecule has 0 aliphatic rings. The molecule has 1 aromatic carbocycles. The van der Waals surface area contributed by atoms with Gasteiger partial charge in [-0.3, -0.25) is 0 Å². The van der Waals surface area contributed by atoms with Gasteiger partial charge in [-0.15, -0.1) is 6.42 Å². The predicted octanol–water partition coefficient (Wildman–Crippen LogP) is 2.91. The van der Waals surface area contributed by atoms with E-state index in [0.717, 1.165) is 5.56 Å². The van der Waals surface area contributed by atoms with Gasteiger partial charge in [0.05, 0.1) is 0 Å². The van der Waals surface area contributed by atoms with E-state index in [0.29, 0.717) is 5.56 Å². The number of alkyl halides is 2. The topological polar surface area (TPSA) is 0 Å². The van der Waals surface area contributed by atoms with Crippen molar-refractivity contribution in [2.45, 2.75) is 13.3 Å². The summed E-state index contributed by atoms with van der Waals surface area (Å²) in [5.74, 6) is 2.33. The van der Waals surface area contributed by atoms with Crippen LogP contribution in [0.25, 0.3) is 0 Å². The molecule has 0 nitrogen and oxygen atoms in total. The van der Waals surface area contributed by atoms with Crippen molar-refractivity contribution in [1.82, 2.24) is 0 Å². The number of benzene rings is 1. The molecule has 0 aromatic heterocycles. The van der Waals surface area contributed by atoms with E-state index in [1.807, 2.05) is 0 Å². The third kappa shape index (κ3) is 1.82. The Bertz CT molecular complexity index is 321. The second-order valence-corrected chi connectivity index (χ2v) is 2.58. The molecular weight excluding hydrogens is 158 g/mol. The largest absolute Gasteiger partial charge is 0.263 e. The fraction of sp³-hybridized carbons (Fsp3) is 0.200. The SMILES string of the molecule is C#Cc1cc(C)cc(C(F)F)c1. The first-order valence-corrected chi connectivity index (χ1v) is 3.50. The summed E-state index contributed by atoms with van der Waals surface area (Å²) in [6, 6.07) is 4.47. The summed E-state index contributed by atoms with van der Waals surface area (Å²) in [5.41, 5.74) is 1.26.